The van der Waals surface area contributed by atoms with Gasteiger partial charge in [0, 0.05) is 38.8 Å². The first-order chi connectivity index (χ1) is 8.25. The Labute approximate surface area is 108 Å². The molecule has 1 saturated heterocycles. The Balaban J connectivity index is 1.71. The lowest BCUT2D eigenvalue weighted by atomic mass is 10.3. The highest BCUT2D eigenvalue weighted by atomic mass is 35.5. The second kappa shape index (κ2) is 6.24. The van der Waals surface area contributed by atoms with Crippen LogP contribution in [0.1, 0.15) is 0 Å². The topological polar surface area (TPSA) is 15.7 Å². The van der Waals surface area contributed by atoms with Crippen LogP contribution in [0.3, 0.4) is 0 Å². The SMILES string of the molecule is CN1CCN(CCOc2ccc[c]c2Cl)CC1. The van der Waals surface area contributed by atoms with Gasteiger partial charge in [0.05, 0.1) is 5.02 Å². The van der Waals surface area contributed by atoms with Crippen molar-refractivity contribution in [1.29, 1.82) is 0 Å². The van der Waals surface area contributed by atoms with Gasteiger partial charge >= 0.3 is 0 Å². The van der Waals surface area contributed by atoms with E-state index in [1.54, 1.807) is 6.07 Å². The first kappa shape index (κ1) is 12.7. The van der Waals surface area contributed by atoms with Crippen molar-refractivity contribution in [2.75, 3.05) is 46.4 Å². The number of ether oxygens (including phenoxy) is 1. The third-order valence-electron chi connectivity index (χ3n) is 3.03. The molecule has 0 amide bonds. The maximum absolute atomic E-state index is 5.96. The van der Waals surface area contributed by atoms with Crippen molar-refractivity contribution in [3.05, 3.63) is 29.3 Å². The summed E-state index contributed by atoms with van der Waals surface area (Å²) in [4.78, 5) is 4.76. The van der Waals surface area contributed by atoms with Crippen LogP contribution in [0, 0.1) is 6.07 Å². The van der Waals surface area contributed by atoms with Crippen LogP contribution < -0.4 is 4.74 Å². The minimum atomic E-state index is 0.561. The van der Waals surface area contributed by atoms with E-state index in [1.807, 2.05) is 12.1 Å². The van der Waals surface area contributed by atoms with E-state index < -0.39 is 0 Å². The number of likely N-dealkylation sites (N-methyl/N-ethyl adjacent to an activating group) is 1. The molecule has 2 rings (SSSR count). The van der Waals surface area contributed by atoms with Crippen LogP contribution >= 0.6 is 11.6 Å². The van der Waals surface area contributed by atoms with E-state index in [0.29, 0.717) is 11.6 Å². The van der Waals surface area contributed by atoms with Crippen LogP contribution in [0.5, 0.6) is 5.75 Å². The summed E-state index contributed by atoms with van der Waals surface area (Å²) in [5.41, 5.74) is 0. The van der Waals surface area contributed by atoms with Crippen LogP contribution in [0.25, 0.3) is 0 Å². The fourth-order valence-electron chi connectivity index (χ4n) is 1.87. The van der Waals surface area contributed by atoms with Gasteiger partial charge < -0.3 is 9.64 Å². The molecule has 17 heavy (non-hydrogen) atoms. The molecular formula is C13H18ClN2O. The molecule has 0 bridgehead atoms. The average molecular weight is 254 g/mol. The van der Waals surface area contributed by atoms with E-state index in [2.05, 4.69) is 22.9 Å². The van der Waals surface area contributed by atoms with Crippen molar-refractivity contribution in [2.24, 2.45) is 0 Å². The quantitative estimate of drug-likeness (QED) is 0.814. The van der Waals surface area contributed by atoms with E-state index in [9.17, 15) is 0 Å². The predicted octanol–water partition coefficient (Wildman–Crippen LogP) is 1.77. The summed E-state index contributed by atoms with van der Waals surface area (Å²) in [6.07, 6.45) is 0. The Morgan fingerprint density at radius 3 is 2.82 bits per heavy atom. The minimum Gasteiger partial charge on any atom is -0.491 e. The number of benzene rings is 1. The Kier molecular flexibility index (Phi) is 4.66. The molecule has 1 aliphatic rings. The Morgan fingerprint density at radius 1 is 1.35 bits per heavy atom. The zero-order valence-electron chi connectivity index (χ0n) is 10.2. The summed E-state index contributed by atoms with van der Waals surface area (Å²) < 4.78 is 5.65. The zero-order chi connectivity index (χ0) is 12.1. The smallest absolute Gasteiger partial charge is 0.138 e. The van der Waals surface area contributed by atoms with Crippen LogP contribution in [0.2, 0.25) is 5.02 Å². The molecule has 1 aromatic carbocycles. The molecule has 0 spiro atoms. The van der Waals surface area contributed by atoms with Crippen molar-refractivity contribution in [3.63, 3.8) is 0 Å². The molecule has 1 fully saturated rings. The summed E-state index contributed by atoms with van der Waals surface area (Å²) in [6, 6.07) is 8.47. The van der Waals surface area contributed by atoms with Crippen molar-refractivity contribution >= 4 is 11.6 Å². The molecular weight excluding hydrogens is 236 g/mol. The predicted molar refractivity (Wildman–Crippen MR) is 69.7 cm³/mol. The number of nitrogens with zero attached hydrogens (tertiary/aromatic N) is 2. The lowest BCUT2D eigenvalue weighted by molar-refractivity contribution is 0.134. The molecule has 0 aromatic heterocycles. The normalized spacial score (nSPS) is 18.2. The van der Waals surface area contributed by atoms with Crippen molar-refractivity contribution < 1.29 is 4.74 Å². The summed E-state index contributed by atoms with van der Waals surface area (Å²) in [5.74, 6) is 0.725. The monoisotopic (exact) mass is 253 g/mol. The number of hydrogen-bond acceptors (Lipinski definition) is 3. The molecule has 1 aromatic rings. The van der Waals surface area contributed by atoms with E-state index in [-0.39, 0.29) is 0 Å². The van der Waals surface area contributed by atoms with Gasteiger partial charge in [0.2, 0.25) is 0 Å². The molecule has 1 aliphatic heterocycles. The van der Waals surface area contributed by atoms with Gasteiger partial charge in [-0.2, -0.15) is 0 Å². The van der Waals surface area contributed by atoms with Crippen molar-refractivity contribution in [3.8, 4) is 5.75 Å². The maximum atomic E-state index is 5.96. The highest BCUT2D eigenvalue weighted by Gasteiger charge is 2.13. The van der Waals surface area contributed by atoms with Gasteiger partial charge in [-0.05, 0) is 13.1 Å². The fraction of sp³-hybridized carbons (Fsp3) is 0.538. The molecule has 1 radical (unpaired) electrons. The Hall–Kier alpha value is -0.770. The third-order valence-corrected chi connectivity index (χ3v) is 3.33. The summed E-state index contributed by atoms with van der Waals surface area (Å²) in [7, 11) is 2.16. The standard InChI is InChI=1S/C13H18ClN2O/c1-15-6-8-16(9-7-15)10-11-17-13-5-3-2-4-12(13)14/h2-3,5H,6-11H2,1H3. The van der Waals surface area contributed by atoms with Gasteiger partial charge in [-0.15, -0.1) is 0 Å². The Morgan fingerprint density at radius 2 is 2.12 bits per heavy atom. The fourth-order valence-corrected chi connectivity index (χ4v) is 2.05. The molecule has 4 heteroatoms. The van der Waals surface area contributed by atoms with Gasteiger partial charge in [-0.3, -0.25) is 4.90 Å². The first-order valence-corrected chi connectivity index (χ1v) is 6.33. The van der Waals surface area contributed by atoms with Gasteiger partial charge in [0.15, 0.2) is 0 Å². The number of halogens is 1. The molecule has 0 saturated carbocycles. The zero-order valence-corrected chi connectivity index (χ0v) is 10.9. The molecule has 0 unspecified atom stereocenters. The molecule has 0 atom stereocenters. The first-order valence-electron chi connectivity index (χ1n) is 5.95. The summed E-state index contributed by atoms with van der Waals surface area (Å²) >= 11 is 5.96. The molecule has 93 valence electrons. The van der Waals surface area contributed by atoms with E-state index in [0.717, 1.165) is 38.5 Å². The summed E-state index contributed by atoms with van der Waals surface area (Å²) in [6.45, 7) is 6.16. The molecule has 3 nitrogen and oxygen atoms in total. The van der Waals surface area contributed by atoms with Gasteiger partial charge in [-0.1, -0.05) is 23.7 Å². The van der Waals surface area contributed by atoms with Crippen LogP contribution in [-0.2, 0) is 0 Å². The van der Waals surface area contributed by atoms with Crippen LogP contribution in [0.4, 0.5) is 0 Å². The average Bonchev–Trinajstić information content (AvgIpc) is 2.34. The van der Waals surface area contributed by atoms with Gasteiger partial charge in [0.1, 0.15) is 12.4 Å². The lowest BCUT2D eigenvalue weighted by Crippen LogP contribution is -2.45. The molecule has 0 aliphatic carbocycles. The highest BCUT2D eigenvalue weighted by molar-refractivity contribution is 6.31. The number of rotatable bonds is 4. The largest absolute Gasteiger partial charge is 0.491 e. The highest BCUT2D eigenvalue weighted by Crippen LogP contribution is 2.22. The minimum absolute atomic E-state index is 0.561. The lowest BCUT2D eigenvalue weighted by Gasteiger charge is -2.32. The summed E-state index contributed by atoms with van der Waals surface area (Å²) in [5, 5.41) is 0.561. The second-order valence-corrected chi connectivity index (χ2v) is 4.72. The number of hydrogen-bond donors (Lipinski definition) is 0. The second-order valence-electron chi connectivity index (χ2n) is 4.34. The number of piperazine rings is 1. The molecule has 0 N–H and O–H groups in total. The van der Waals surface area contributed by atoms with Crippen molar-refractivity contribution in [1.82, 2.24) is 9.80 Å². The van der Waals surface area contributed by atoms with E-state index >= 15 is 0 Å². The maximum Gasteiger partial charge on any atom is 0.138 e. The van der Waals surface area contributed by atoms with E-state index in [4.69, 9.17) is 16.3 Å². The van der Waals surface area contributed by atoms with E-state index in [1.165, 1.54) is 0 Å². The van der Waals surface area contributed by atoms with Crippen LogP contribution in [0.15, 0.2) is 18.2 Å². The Bertz CT molecular complexity index is 351. The van der Waals surface area contributed by atoms with Gasteiger partial charge in [0.25, 0.3) is 0 Å². The van der Waals surface area contributed by atoms with Crippen molar-refractivity contribution in [2.45, 2.75) is 0 Å². The van der Waals surface area contributed by atoms with Crippen LogP contribution in [-0.4, -0.2) is 56.2 Å². The van der Waals surface area contributed by atoms with Gasteiger partial charge in [-0.25, -0.2) is 0 Å². The molecule has 1 heterocycles. The third kappa shape index (κ3) is 3.87.